The van der Waals surface area contributed by atoms with Gasteiger partial charge in [-0.05, 0) is 25.1 Å². The van der Waals surface area contributed by atoms with E-state index in [1.807, 2.05) is 6.07 Å². The number of hydrogen-bond donors (Lipinski definition) is 0. The molecule has 0 radical (unpaired) electrons. The van der Waals surface area contributed by atoms with Crippen LogP contribution >= 0.6 is 0 Å². The summed E-state index contributed by atoms with van der Waals surface area (Å²) in [6.07, 6.45) is 1.34. The second-order valence-electron chi connectivity index (χ2n) is 4.66. The molecule has 0 aliphatic carbocycles. The second kappa shape index (κ2) is 6.14. The van der Waals surface area contributed by atoms with Gasteiger partial charge < -0.3 is 4.90 Å². The Hall–Kier alpha value is -2.74. The van der Waals surface area contributed by atoms with E-state index in [9.17, 15) is 9.18 Å². The van der Waals surface area contributed by atoms with Crippen molar-refractivity contribution in [2.45, 2.75) is 13.0 Å². The molecule has 0 aliphatic rings. The van der Waals surface area contributed by atoms with Crippen molar-refractivity contribution >= 4 is 5.91 Å². The Kier molecular flexibility index (Phi) is 4.29. The molecule has 1 heterocycles. The summed E-state index contributed by atoms with van der Waals surface area (Å²) < 4.78 is 13.8. The number of benzene rings is 1. The van der Waals surface area contributed by atoms with Crippen molar-refractivity contribution in [2.75, 3.05) is 7.05 Å². The van der Waals surface area contributed by atoms with Gasteiger partial charge in [-0.15, -0.1) is 0 Å². The number of aromatic nitrogens is 1. The SMILES string of the molecule is CC(c1ccccc1F)N(C)C(=O)c1ccc(C#N)cn1. The Morgan fingerprint density at radius 1 is 1.33 bits per heavy atom. The molecule has 0 aliphatic heterocycles. The largest absolute Gasteiger partial charge is 0.334 e. The molecule has 0 bridgehead atoms. The van der Waals surface area contributed by atoms with E-state index in [2.05, 4.69) is 4.98 Å². The third-order valence-corrected chi connectivity index (χ3v) is 3.37. The highest BCUT2D eigenvalue weighted by Crippen LogP contribution is 2.22. The van der Waals surface area contributed by atoms with Crippen molar-refractivity contribution in [1.29, 1.82) is 5.26 Å². The maximum atomic E-state index is 13.8. The van der Waals surface area contributed by atoms with E-state index in [4.69, 9.17) is 5.26 Å². The van der Waals surface area contributed by atoms with Crippen LogP contribution in [-0.4, -0.2) is 22.8 Å². The van der Waals surface area contributed by atoms with Gasteiger partial charge in [-0.25, -0.2) is 9.37 Å². The monoisotopic (exact) mass is 283 g/mol. The maximum absolute atomic E-state index is 13.8. The molecule has 2 rings (SSSR count). The summed E-state index contributed by atoms with van der Waals surface area (Å²) in [5.41, 5.74) is 1.05. The molecule has 5 heteroatoms. The molecule has 21 heavy (non-hydrogen) atoms. The lowest BCUT2D eigenvalue weighted by molar-refractivity contribution is 0.0734. The van der Waals surface area contributed by atoms with Gasteiger partial charge in [0.15, 0.2) is 0 Å². The van der Waals surface area contributed by atoms with Crippen LogP contribution in [0.15, 0.2) is 42.6 Å². The first kappa shape index (κ1) is 14.7. The van der Waals surface area contributed by atoms with Crippen LogP contribution in [0.2, 0.25) is 0 Å². The van der Waals surface area contributed by atoms with Crippen LogP contribution in [0.3, 0.4) is 0 Å². The Bertz CT molecular complexity index is 691. The highest BCUT2D eigenvalue weighted by molar-refractivity contribution is 5.92. The van der Waals surface area contributed by atoms with E-state index in [1.54, 1.807) is 32.2 Å². The van der Waals surface area contributed by atoms with E-state index in [1.165, 1.54) is 29.3 Å². The lowest BCUT2D eigenvalue weighted by Crippen LogP contribution is -2.30. The fourth-order valence-electron chi connectivity index (χ4n) is 1.97. The number of hydrogen-bond acceptors (Lipinski definition) is 3. The Morgan fingerprint density at radius 3 is 2.62 bits per heavy atom. The van der Waals surface area contributed by atoms with E-state index >= 15 is 0 Å². The molecule has 1 aromatic carbocycles. The first-order chi connectivity index (χ1) is 10.0. The predicted molar refractivity (Wildman–Crippen MR) is 75.9 cm³/mol. The average molecular weight is 283 g/mol. The summed E-state index contributed by atoms with van der Waals surface area (Å²) in [5, 5.41) is 8.72. The first-order valence-electron chi connectivity index (χ1n) is 6.42. The van der Waals surface area contributed by atoms with Crippen LogP contribution in [0.4, 0.5) is 4.39 Å². The number of carbonyl (C=O) groups excluding carboxylic acids is 1. The van der Waals surface area contributed by atoms with Crippen molar-refractivity contribution in [3.05, 3.63) is 65.2 Å². The number of rotatable bonds is 3. The molecule has 0 fully saturated rings. The van der Waals surface area contributed by atoms with Gasteiger partial charge in [-0.3, -0.25) is 4.79 Å². The smallest absolute Gasteiger partial charge is 0.272 e. The molecule has 106 valence electrons. The molecule has 4 nitrogen and oxygen atoms in total. The summed E-state index contributed by atoms with van der Waals surface area (Å²) in [4.78, 5) is 17.7. The van der Waals surface area contributed by atoms with Gasteiger partial charge in [-0.2, -0.15) is 5.26 Å². The Labute approximate surface area is 122 Å². The highest BCUT2D eigenvalue weighted by atomic mass is 19.1. The van der Waals surface area contributed by atoms with Gasteiger partial charge >= 0.3 is 0 Å². The first-order valence-corrected chi connectivity index (χ1v) is 6.42. The lowest BCUT2D eigenvalue weighted by Gasteiger charge is -2.25. The minimum atomic E-state index is -0.420. The number of carbonyl (C=O) groups is 1. The highest BCUT2D eigenvalue weighted by Gasteiger charge is 2.21. The quantitative estimate of drug-likeness (QED) is 0.870. The predicted octanol–water partition coefficient (Wildman–Crippen LogP) is 2.93. The molecule has 0 N–H and O–H groups in total. The zero-order valence-corrected chi connectivity index (χ0v) is 11.7. The summed E-state index contributed by atoms with van der Waals surface area (Å²) >= 11 is 0. The molecular weight excluding hydrogens is 269 g/mol. The van der Waals surface area contributed by atoms with Gasteiger partial charge in [0, 0.05) is 18.8 Å². The standard InChI is InChI=1S/C16H14FN3O/c1-11(13-5-3-4-6-14(13)17)20(2)16(21)15-8-7-12(9-18)10-19-15/h3-8,10-11H,1-2H3. The van der Waals surface area contributed by atoms with Gasteiger partial charge in [-0.1, -0.05) is 18.2 Å². The number of amides is 1. The third kappa shape index (κ3) is 3.06. The van der Waals surface area contributed by atoms with Crippen molar-refractivity contribution in [2.24, 2.45) is 0 Å². The summed E-state index contributed by atoms with van der Waals surface area (Å²) in [7, 11) is 1.60. The average Bonchev–Trinajstić information content (AvgIpc) is 2.53. The molecule has 1 aromatic heterocycles. The lowest BCUT2D eigenvalue weighted by atomic mass is 10.1. The van der Waals surface area contributed by atoms with Gasteiger partial charge in [0.1, 0.15) is 17.6 Å². The van der Waals surface area contributed by atoms with Crippen molar-refractivity contribution in [3.8, 4) is 6.07 Å². The van der Waals surface area contributed by atoms with Crippen LogP contribution in [0, 0.1) is 17.1 Å². The summed E-state index contributed by atoms with van der Waals surface area (Å²) in [6.45, 7) is 1.75. The van der Waals surface area contributed by atoms with Crippen LogP contribution in [0.5, 0.6) is 0 Å². The molecule has 0 saturated carbocycles. The molecule has 0 saturated heterocycles. The van der Waals surface area contributed by atoms with Gasteiger partial charge in [0.05, 0.1) is 11.6 Å². The van der Waals surface area contributed by atoms with E-state index in [0.29, 0.717) is 11.1 Å². The number of pyridine rings is 1. The zero-order chi connectivity index (χ0) is 15.4. The van der Waals surface area contributed by atoms with E-state index in [-0.39, 0.29) is 17.4 Å². The summed E-state index contributed by atoms with van der Waals surface area (Å²) in [6, 6.07) is 10.9. The van der Waals surface area contributed by atoms with Gasteiger partial charge in [0.25, 0.3) is 5.91 Å². The van der Waals surface area contributed by atoms with E-state index in [0.717, 1.165) is 0 Å². The van der Waals surface area contributed by atoms with Crippen LogP contribution in [0.25, 0.3) is 0 Å². The van der Waals surface area contributed by atoms with Crippen molar-refractivity contribution in [1.82, 2.24) is 9.88 Å². The van der Waals surface area contributed by atoms with Crippen LogP contribution < -0.4 is 0 Å². The Balaban J connectivity index is 2.22. The topological polar surface area (TPSA) is 57.0 Å². The molecule has 1 amide bonds. The number of halogens is 1. The van der Waals surface area contributed by atoms with Crippen LogP contribution in [0.1, 0.15) is 34.6 Å². The molecular formula is C16H14FN3O. The molecule has 1 atom stereocenters. The Morgan fingerprint density at radius 2 is 2.05 bits per heavy atom. The molecule has 1 unspecified atom stereocenters. The normalized spacial score (nSPS) is 11.5. The number of nitrogens with zero attached hydrogens (tertiary/aromatic N) is 3. The molecule has 0 spiro atoms. The third-order valence-electron chi connectivity index (χ3n) is 3.37. The van der Waals surface area contributed by atoms with Crippen molar-refractivity contribution < 1.29 is 9.18 Å². The molecule has 2 aromatic rings. The van der Waals surface area contributed by atoms with Gasteiger partial charge in [0.2, 0.25) is 0 Å². The minimum absolute atomic E-state index is 0.222. The number of nitriles is 1. The van der Waals surface area contributed by atoms with Crippen molar-refractivity contribution in [3.63, 3.8) is 0 Å². The second-order valence-corrected chi connectivity index (χ2v) is 4.66. The zero-order valence-electron chi connectivity index (χ0n) is 11.7. The fourth-order valence-corrected chi connectivity index (χ4v) is 1.97. The summed E-state index contributed by atoms with van der Waals surface area (Å²) in [5.74, 6) is -0.673. The maximum Gasteiger partial charge on any atom is 0.272 e. The fraction of sp³-hybridized carbons (Fsp3) is 0.188. The van der Waals surface area contributed by atoms with E-state index < -0.39 is 6.04 Å². The minimum Gasteiger partial charge on any atom is -0.334 e. The van der Waals surface area contributed by atoms with Crippen LogP contribution in [-0.2, 0) is 0 Å².